The molecular formula is C17H19NO3S2. The lowest BCUT2D eigenvalue weighted by atomic mass is 10.1. The van der Waals surface area contributed by atoms with Crippen molar-refractivity contribution in [3.63, 3.8) is 0 Å². The fourth-order valence-corrected chi connectivity index (χ4v) is 3.31. The van der Waals surface area contributed by atoms with Crippen molar-refractivity contribution in [2.45, 2.75) is 17.9 Å². The van der Waals surface area contributed by atoms with Crippen molar-refractivity contribution in [2.24, 2.45) is 0 Å². The second kappa shape index (κ2) is 7.10. The Balaban J connectivity index is 2.09. The summed E-state index contributed by atoms with van der Waals surface area (Å²) in [5, 5.41) is 1.96. The molecule has 1 aromatic carbocycles. The van der Waals surface area contributed by atoms with E-state index in [1.807, 2.05) is 24.4 Å². The number of carbonyl (C=O) groups excluding carboxylic acids is 1. The summed E-state index contributed by atoms with van der Waals surface area (Å²) in [7, 11) is -1.47. The first-order chi connectivity index (χ1) is 10.8. The van der Waals surface area contributed by atoms with Crippen molar-refractivity contribution >= 4 is 33.2 Å². The quantitative estimate of drug-likeness (QED) is 0.778. The lowest BCUT2D eigenvalue weighted by molar-refractivity contribution is -0.126. The van der Waals surface area contributed by atoms with E-state index in [4.69, 9.17) is 0 Å². The molecule has 0 fully saturated rings. The van der Waals surface area contributed by atoms with E-state index in [0.717, 1.165) is 10.4 Å². The van der Waals surface area contributed by atoms with Gasteiger partial charge in [0.2, 0.25) is 5.91 Å². The number of sulfone groups is 1. The molecule has 0 radical (unpaired) electrons. The molecule has 0 N–H and O–H groups in total. The Kier molecular flexibility index (Phi) is 5.38. The molecule has 4 nitrogen and oxygen atoms in total. The van der Waals surface area contributed by atoms with Crippen LogP contribution in [0.4, 0.5) is 0 Å². The van der Waals surface area contributed by atoms with Crippen LogP contribution in [0.3, 0.4) is 0 Å². The molecule has 2 rings (SSSR count). The first-order valence-corrected chi connectivity index (χ1v) is 9.84. The van der Waals surface area contributed by atoms with Gasteiger partial charge in [-0.25, -0.2) is 8.42 Å². The fraction of sp³-hybridized carbons (Fsp3) is 0.235. The zero-order chi connectivity index (χ0) is 17.0. The molecule has 6 heteroatoms. The number of hydrogen-bond acceptors (Lipinski definition) is 4. The minimum atomic E-state index is -3.21. The Morgan fingerprint density at radius 2 is 1.87 bits per heavy atom. The zero-order valence-electron chi connectivity index (χ0n) is 13.3. The molecule has 0 saturated heterocycles. The van der Waals surface area contributed by atoms with Crippen LogP contribution in [-0.4, -0.2) is 32.5 Å². The van der Waals surface area contributed by atoms with E-state index in [9.17, 15) is 13.2 Å². The number of rotatable bonds is 5. The van der Waals surface area contributed by atoms with Gasteiger partial charge in [-0.1, -0.05) is 18.2 Å². The van der Waals surface area contributed by atoms with Gasteiger partial charge in [-0.15, -0.1) is 11.3 Å². The van der Waals surface area contributed by atoms with Crippen molar-refractivity contribution in [3.05, 3.63) is 58.3 Å². The molecule has 1 atom stereocenters. The highest BCUT2D eigenvalue weighted by molar-refractivity contribution is 7.90. The van der Waals surface area contributed by atoms with Gasteiger partial charge in [-0.2, -0.15) is 0 Å². The largest absolute Gasteiger partial charge is 0.335 e. The maximum Gasteiger partial charge on any atom is 0.246 e. The third-order valence-corrected chi connectivity index (χ3v) is 5.62. The number of amides is 1. The van der Waals surface area contributed by atoms with Crippen molar-refractivity contribution in [2.75, 3.05) is 13.3 Å². The van der Waals surface area contributed by atoms with Crippen LogP contribution in [0.25, 0.3) is 6.08 Å². The first-order valence-electron chi connectivity index (χ1n) is 7.07. The third-order valence-electron chi connectivity index (χ3n) is 3.65. The van der Waals surface area contributed by atoms with Crippen LogP contribution in [0, 0.1) is 0 Å². The van der Waals surface area contributed by atoms with E-state index < -0.39 is 9.84 Å². The van der Waals surface area contributed by atoms with Gasteiger partial charge in [0.05, 0.1) is 10.9 Å². The summed E-state index contributed by atoms with van der Waals surface area (Å²) >= 11 is 1.57. The fourth-order valence-electron chi connectivity index (χ4n) is 2.07. The number of thiophene rings is 1. The molecule has 1 amide bonds. The monoisotopic (exact) mass is 349 g/mol. The van der Waals surface area contributed by atoms with Gasteiger partial charge >= 0.3 is 0 Å². The predicted molar refractivity (Wildman–Crippen MR) is 94.1 cm³/mol. The molecule has 0 aliphatic rings. The molecule has 23 heavy (non-hydrogen) atoms. The molecule has 0 aliphatic heterocycles. The highest BCUT2D eigenvalue weighted by atomic mass is 32.2. The molecule has 0 saturated carbocycles. The van der Waals surface area contributed by atoms with E-state index in [-0.39, 0.29) is 16.8 Å². The Hall–Kier alpha value is -1.92. The van der Waals surface area contributed by atoms with Crippen LogP contribution in [0.5, 0.6) is 0 Å². The topological polar surface area (TPSA) is 54.5 Å². The van der Waals surface area contributed by atoms with Crippen LogP contribution in [-0.2, 0) is 14.6 Å². The Morgan fingerprint density at radius 1 is 1.22 bits per heavy atom. The molecule has 1 aromatic heterocycles. The Morgan fingerprint density at radius 3 is 2.39 bits per heavy atom. The van der Waals surface area contributed by atoms with Gasteiger partial charge in [0.1, 0.15) is 0 Å². The summed E-state index contributed by atoms with van der Waals surface area (Å²) < 4.78 is 23.0. The van der Waals surface area contributed by atoms with E-state index in [1.54, 1.807) is 59.7 Å². The highest BCUT2D eigenvalue weighted by Crippen LogP contribution is 2.21. The zero-order valence-corrected chi connectivity index (χ0v) is 14.9. The van der Waals surface area contributed by atoms with Crippen LogP contribution < -0.4 is 0 Å². The number of likely N-dealkylation sites (N-methyl/N-ethyl adjacent to an activating group) is 1. The van der Waals surface area contributed by atoms with Gasteiger partial charge in [-0.3, -0.25) is 4.79 Å². The van der Waals surface area contributed by atoms with Crippen molar-refractivity contribution in [3.8, 4) is 0 Å². The third kappa shape index (κ3) is 4.53. The minimum absolute atomic E-state index is 0.0990. The second-order valence-electron chi connectivity index (χ2n) is 5.32. The predicted octanol–water partition coefficient (Wildman–Crippen LogP) is 3.38. The number of hydrogen-bond donors (Lipinski definition) is 0. The van der Waals surface area contributed by atoms with Gasteiger partial charge in [-0.05, 0) is 42.1 Å². The van der Waals surface area contributed by atoms with E-state index in [0.29, 0.717) is 0 Å². The maximum absolute atomic E-state index is 12.2. The highest BCUT2D eigenvalue weighted by Gasteiger charge is 2.16. The SMILES string of the molecule is CC(c1ccc(S(C)(=O)=O)cc1)N(C)C(=O)C=Cc1cccs1. The number of nitrogens with zero attached hydrogens (tertiary/aromatic N) is 1. The molecule has 1 unspecified atom stereocenters. The molecule has 0 spiro atoms. The maximum atomic E-state index is 12.2. The minimum Gasteiger partial charge on any atom is -0.335 e. The second-order valence-corrected chi connectivity index (χ2v) is 8.31. The average Bonchev–Trinajstić information content (AvgIpc) is 3.04. The molecule has 0 aliphatic carbocycles. The summed E-state index contributed by atoms with van der Waals surface area (Å²) in [6.07, 6.45) is 4.52. The van der Waals surface area contributed by atoms with E-state index >= 15 is 0 Å². The van der Waals surface area contributed by atoms with Crippen molar-refractivity contribution < 1.29 is 13.2 Å². The lowest BCUT2D eigenvalue weighted by Gasteiger charge is -2.24. The Labute approximate surface area is 141 Å². The van der Waals surface area contributed by atoms with E-state index in [1.165, 1.54) is 6.26 Å². The molecule has 122 valence electrons. The average molecular weight is 349 g/mol. The van der Waals surface area contributed by atoms with Gasteiger partial charge in [0.25, 0.3) is 0 Å². The molecule has 0 bridgehead atoms. The smallest absolute Gasteiger partial charge is 0.246 e. The summed E-state index contributed by atoms with van der Waals surface area (Å²) in [4.78, 5) is 15.2. The summed E-state index contributed by atoms with van der Waals surface area (Å²) in [6, 6.07) is 10.4. The van der Waals surface area contributed by atoms with Crippen molar-refractivity contribution in [1.29, 1.82) is 0 Å². The van der Waals surface area contributed by atoms with Gasteiger partial charge in [0, 0.05) is 24.3 Å². The van der Waals surface area contributed by atoms with Crippen LogP contribution >= 0.6 is 11.3 Å². The molecule has 1 heterocycles. The lowest BCUT2D eigenvalue weighted by Crippen LogP contribution is -2.27. The molecule has 2 aromatic rings. The normalized spacial score (nSPS) is 13.2. The summed E-state index contributed by atoms with van der Waals surface area (Å²) in [5.41, 5.74) is 0.887. The number of benzene rings is 1. The first kappa shape index (κ1) is 17.4. The Bertz CT molecular complexity index is 791. The van der Waals surface area contributed by atoms with Gasteiger partial charge in [0.15, 0.2) is 9.84 Å². The van der Waals surface area contributed by atoms with Crippen LogP contribution in [0.2, 0.25) is 0 Å². The van der Waals surface area contributed by atoms with Crippen LogP contribution in [0.15, 0.2) is 52.7 Å². The number of carbonyl (C=O) groups is 1. The van der Waals surface area contributed by atoms with Crippen molar-refractivity contribution in [1.82, 2.24) is 4.90 Å². The molecular weight excluding hydrogens is 330 g/mol. The summed E-state index contributed by atoms with van der Waals surface area (Å²) in [5.74, 6) is -0.0990. The van der Waals surface area contributed by atoms with E-state index in [2.05, 4.69) is 0 Å². The summed E-state index contributed by atoms with van der Waals surface area (Å²) in [6.45, 7) is 1.91. The van der Waals surface area contributed by atoms with Crippen LogP contribution in [0.1, 0.15) is 23.4 Å². The standard InChI is InChI=1S/C17H19NO3S2/c1-13(14-6-9-16(10-7-14)23(3,20)21)18(2)17(19)11-8-15-5-4-12-22-15/h4-13H,1-3H3. The van der Waals surface area contributed by atoms with Gasteiger partial charge < -0.3 is 4.90 Å².